The Morgan fingerprint density at radius 3 is 1.80 bits per heavy atom. The molecule has 0 radical (unpaired) electrons. The van der Waals surface area contributed by atoms with Crippen LogP contribution in [0.4, 0.5) is 0 Å². The quantitative estimate of drug-likeness (QED) is 0.700. The lowest BCUT2D eigenvalue weighted by molar-refractivity contribution is 0.112. The van der Waals surface area contributed by atoms with Crippen LogP contribution in [0.3, 0.4) is 0 Å². The maximum atomic E-state index is 10.5. The van der Waals surface area contributed by atoms with Crippen LogP contribution in [-0.2, 0) is 13.1 Å². The monoisotopic (exact) mass is 252 g/mol. The molecule has 4 nitrogen and oxygen atoms in total. The molecule has 0 aliphatic heterocycles. The zero-order valence-corrected chi connectivity index (χ0v) is 9.61. The number of hydrogen-bond acceptors (Lipinski definition) is 4. The van der Waals surface area contributed by atoms with Crippen molar-refractivity contribution in [2.75, 3.05) is 0 Å². The summed E-state index contributed by atoms with van der Waals surface area (Å²) >= 11 is 0. The van der Waals surface area contributed by atoms with Gasteiger partial charge in [-0.15, -0.1) is 24.8 Å². The summed E-state index contributed by atoms with van der Waals surface area (Å²) in [4.78, 5) is 10.5. The second-order valence-corrected chi connectivity index (χ2v) is 2.71. The minimum absolute atomic E-state index is 0. The number of benzene rings is 1. The van der Waals surface area contributed by atoms with Crippen LogP contribution in [0.5, 0.6) is 5.75 Å². The van der Waals surface area contributed by atoms with Gasteiger partial charge in [-0.25, -0.2) is 0 Å². The zero-order chi connectivity index (χ0) is 9.84. The molecular formula is C9H14Cl2N2O2. The molecule has 6 heteroatoms. The van der Waals surface area contributed by atoms with E-state index in [1.807, 2.05) is 0 Å². The van der Waals surface area contributed by atoms with Gasteiger partial charge in [-0.3, -0.25) is 4.79 Å². The number of carbonyl (C=O) groups excluding carboxylic acids is 1. The van der Waals surface area contributed by atoms with Crippen LogP contribution in [0.15, 0.2) is 12.1 Å². The van der Waals surface area contributed by atoms with Crippen molar-refractivity contribution in [3.63, 3.8) is 0 Å². The molecule has 0 fully saturated rings. The standard InChI is InChI=1S/C9H12N2O2.2ClH/c10-3-7-1-6(5-12)2-8(4-11)9(7)13;;/h1-2,5,13H,3-4,10-11H2;2*1H. The van der Waals surface area contributed by atoms with E-state index >= 15 is 0 Å². The first kappa shape index (κ1) is 16.6. The summed E-state index contributed by atoms with van der Waals surface area (Å²) in [5.74, 6) is 0.0931. The third kappa shape index (κ3) is 3.68. The minimum Gasteiger partial charge on any atom is -0.507 e. The molecular weight excluding hydrogens is 239 g/mol. The third-order valence-corrected chi connectivity index (χ3v) is 1.87. The topological polar surface area (TPSA) is 89.3 Å². The molecule has 0 bridgehead atoms. The summed E-state index contributed by atoms with van der Waals surface area (Å²) in [6, 6.07) is 3.11. The van der Waals surface area contributed by atoms with Gasteiger partial charge in [0.15, 0.2) is 0 Å². The van der Waals surface area contributed by atoms with Crippen LogP contribution >= 0.6 is 24.8 Å². The number of phenols is 1. The van der Waals surface area contributed by atoms with Crippen molar-refractivity contribution in [3.8, 4) is 5.75 Å². The van der Waals surface area contributed by atoms with Gasteiger partial charge in [0.1, 0.15) is 12.0 Å². The van der Waals surface area contributed by atoms with Crippen molar-refractivity contribution in [1.82, 2.24) is 0 Å². The fourth-order valence-corrected chi connectivity index (χ4v) is 1.17. The molecule has 0 atom stereocenters. The first-order valence-electron chi connectivity index (χ1n) is 3.93. The number of nitrogens with two attached hydrogens (primary N) is 2. The third-order valence-electron chi connectivity index (χ3n) is 1.87. The Labute approximate surface area is 100 Å². The van der Waals surface area contributed by atoms with Crippen molar-refractivity contribution < 1.29 is 9.90 Å². The molecule has 0 heterocycles. The molecule has 0 aliphatic carbocycles. The smallest absolute Gasteiger partial charge is 0.150 e. The highest BCUT2D eigenvalue weighted by Crippen LogP contribution is 2.23. The largest absolute Gasteiger partial charge is 0.507 e. The van der Waals surface area contributed by atoms with E-state index in [4.69, 9.17) is 11.5 Å². The number of rotatable bonds is 3. The Bertz CT molecular complexity index is 307. The van der Waals surface area contributed by atoms with Crippen molar-refractivity contribution in [2.45, 2.75) is 13.1 Å². The van der Waals surface area contributed by atoms with E-state index in [0.29, 0.717) is 23.0 Å². The Hall–Kier alpha value is -0.810. The molecule has 0 aromatic heterocycles. The fourth-order valence-electron chi connectivity index (χ4n) is 1.17. The molecule has 1 rings (SSSR count). The van der Waals surface area contributed by atoms with Crippen molar-refractivity contribution in [1.29, 1.82) is 0 Å². The Morgan fingerprint density at radius 1 is 1.13 bits per heavy atom. The summed E-state index contributed by atoms with van der Waals surface area (Å²) in [5.41, 5.74) is 12.3. The molecule has 0 unspecified atom stereocenters. The van der Waals surface area contributed by atoms with Crippen molar-refractivity contribution in [3.05, 3.63) is 28.8 Å². The predicted octanol–water partition coefficient (Wildman–Crippen LogP) is 0.966. The lowest BCUT2D eigenvalue weighted by Gasteiger charge is -2.07. The number of phenolic OH excluding ortho intramolecular Hbond substituents is 1. The van der Waals surface area contributed by atoms with Crippen LogP contribution in [0, 0.1) is 0 Å². The molecule has 15 heavy (non-hydrogen) atoms. The first-order valence-corrected chi connectivity index (χ1v) is 3.93. The lowest BCUT2D eigenvalue weighted by atomic mass is 10.0. The number of aldehydes is 1. The Kier molecular flexibility index (Phi) is 8.28. The number of halogens is 2. The zero-order valence-electron chi connectivity index (χ0n) is 7.97. The van der Waals surface area contributed by atoms with E-state index in [1.54, 1.807) is 12.1 Å². The average Bonchev–Trinajstić information content (AvgIpc) is 2.18. The van der Waals surface area contributed by atoms with Crippen LogP contribution in [0.25, 0.3) is 0 Å². The maximum Gasteiger partial charge on any atom is 0.150 e. The average molecular weight is 253 g/mol. The van der Waals surface area contributed by atoms with Crippen LogP contribution in [0.2, 0.25) is 0 Å². The fraction of sp³-hybridized carbons (Fsp3) is 0.222. The predicted molar refractivity (Wildman–Crippen MR) is 63.8 cm³/mol. The number of aromatic hydroxyl groups is 1. The lowest BCUT2D eigenvalue weighted by Crippen LogP contribution is -2.03. The molecule has 0 aliphatic rings. The summed E-state index contributed by atoms with van der Waals surface area (Å²) in [6.07, 6.45) is 0.706. The van der Waals surface area contributed by atoms with Crippen LogP contribution in [-0.4, -0.2) is 11.4 Å². The highest BCUT2D eigenvalue weighted by molar-refractivity contribution is 5.85. The van der Waals surface area contributed by atoms with Gasteiger partial charge < -0.3 is 16.6 Å². The van der Waals surface area contributed by atoms with E-state index in [0.717, 1.165) is 0 Å². The van der Waals surface area contributed by atoms with E-state index in [1.165, 1.54) is 0 Å². The molecule has 86 valence electrons. The van der Waals surface area contributed by atoms with Crippen LogP contribution in [0.1, 0.15) is 21.5 Å². The van der Waals surface area contributed by atoms with Gasteiger partial charge in [0.2, 0.25) is 0 Å². The second kappa shape index (κ2) is 7.48. The summed E-state index contributed by atoms with van der Waals surface area (Å²) in [5, 5.41) is 9.53. The first-order chi connectivity index (χ1) is 6.22. The van der Waals surface area contributed by atoms with Gasteiger partial charge in [-0.1, -0.05) is 0 Å². The second-order valence-electron chi connectivity index (χ2n) is 2.71. The molecule has 1 aromatic carbocycles. The Balaban J connectivity index is 0. The Morgan fingerprint density at radius 2 is 1.53 bits per heavy atom. The van der Waals surface area contributed by atoms with Crippen LogP contribution < -0.4 is 11.5 Å². The SMILES string of the molecule is Cl.Cl.NCc1cc(C=O)cc(CN)c1O. The molecule has 1 aromatic rings. The normalized spacial score (nSPS) is 8.67. The van der Waals surface area contributed by atoms with Crippen molar-refractivity contribution in [2.24, 2.45) is 11.5 Å². The summed E-state index contributed by atoms with van der Waals surface area (Å²) in [7, 11) is 0. The van der Waals surface area contributed by atoms with Gasteiger partial charge in [0.25, 0.3) is 0 Å². The van der Waals surface area contributed by atoms with Gasteiger partial charge in [0, 0.05) is 29.8 Å². The molecule has 0 saturated heterocycles. The van der Waals surface area contributed by atoms with E-state index in [2.05, 4.69) is 0 Å². The summed E-state index contributed by atoms with van der Waals surface area (Å²) < 4.78 is 0. The molecule has 0 saturated carbocycles. The summed E-state index contributed by atoms with van der Waals surface area (Å²) in [6.45, 7) is 0.390. The van der Waals surface area contributed by atoms with E-state index < -0.39 is 0 Å². The molecule has 5 N–H and O–H groups in total. The highest BCUT2D eigenvalue weighted by Gasteiger charge is 2.06. The van der Waals surface area contributed by atoms with E-state index in [9.17, 15) is 9.90 Å². The van der Waals surface area contributed by atoms with Gasteiger partial charge in [-0.2, -0.15) is 0 Å². The highest BCUT2D eigenvalue weighted by atomic mass is 35.5. The van der Waals surface area contributed by atoms with Gasteiger partial charge in [-0.05, 0) is 12.1 Å². The van der Waals surface area contributed by atoms with Gasteiger partial charge in [0.05, 0.1) is 0 Å². The number of carbonyl (C=O) groups is 1. The van der Waals surface area contributed by atoms with Crippen molar-refractivity contribution >= 4 is 31.1 Å². The number of hydrogen-bond donors (Lipinski definition) is 3. The van der Waals surface area contributed by atoms with E-state index in [-0.39, 0.29) is 43.7 Å². The maximum absolute atomic E-state index is 10.5. The molecule has 0 amide bonds. The minimum atomic E-state index is 0. The van der Waals surface area contributed by atoms with Gasteiger partial charge >= 0.3 is 0 Å². The molecule has 0 spiro atoms.